The second-order valence-electron chi connectivity index (χ2n) is 3.84. The molecule has 90 valence electrons. The summed E-state index contributed by atoms with van der Waals surface area (Å²) in [7, 11) is 0. The molecule has 0 aromatic heterocycles. The highest BCUT2D eigenvalue weighted by Crippen LogP contribution is 2.21. The molecule has 5 heteroatoms. The average molecular weight is 234 g/mol. The van der Waals surface area contributed by atoms with E-state index in [0.29, 0.717) is 17.4 Å². The maximum atomic E-state index is 11.3. The lowest BCUT2D eigenvalue weighted by atomic mass is 9.95. The van der Waals surface area contributed by atoms with Crippen molar-refractivity contribution in [3.05, 3.63) is 0 Å². The van der Waals surface area contributed by atoms with E-state index in [1.807, 2.05) is 20.8 Å². The Balaban J connectivity index is 4.21. The van der Waals surface area contributed by atoms with Gasteiger partial charge in [-0.1, -0.05) is 13.8 Å². The second kappa shape index (κ2) is 7.09. The van der Waals surface area contributed by atoms with Gasteiger partial charge in [0.1, 0.15) is 0 Å². The predicted octanol–water partition coefficient (Wildman–Crippen LogP) is 0.344. The standard InChI is InChI=1S/C10H22N2O2S/c1-4-12-10(3,9(11)14)7-8(2)15-6-5-13/h8,12-13H,4-7H2,1-3H3,(H2,11,14). The minimum absolute atomic E-state index is 0.170. The molecule has 0 bridgehead atoms. The lowest BCUT2D eigenvalue weighted by Gasteiger charge is -2.29. The molecule has 4 N–H and O–H groups in total. The molecule has 0 saturated heterocycles. The fraction of sp³-hybridized carbons (Fsp3) is 0.900. The van der Waals surface area contributed by atoms with Crippen LogP contribution in [0.1, 0.15) is 27.2 Å². The molecule has 0 aliphatic carbocycles. The number of amides is 1. The first-order chi connectivity index (χ1) is 6.96. The number of carbonyl (C=O) groups excluding carboxylic acids is 1. The number of rotatable bonds is 8. The van der Waals surface area contributed by atoms with E-state index in [1.54, 1.807) is 11.8 Å². The average Bonchev–Trinajstić information content (AvgIpc) is 2.14. The van der Waals surface area contributed by atoms with E-state index in [4.69, 9.17) is 10.8 Å². The van der Waals surface area contributed by atoms with Crippen molar-refractivity contribution in [3.8, 4) is 0 Å². The van der Waals surface area contributed by atoms with Crippen molar-refractivity contribution in [2.24, 2.45) is 5.73 Å². The van der Waals surface area contributed by atoms with Crippen molar-refractivity contribution < 1.29 is 9.90 Å². The molecule has 0 saturated carbocycles. The monoisotopic (exact) mass is 234 g/mol. The van der Waals surface area contributed by atoms with Gasteiger partial charge in [-0.05, 0) is 19.9 Å². The van der Waals surface area contributed by atoms with Crippen LogP contribution in [-0.4, -0.2) is 40.7 Å². The molecule has 0 aliphatic rings. The van der Waals surface area contributed by atoms with Crippen molar-refractivity contribution in [1.29, 1.82) is 0 Å². The number of aliphatic hydroxyl groups excluding tert-OH is 1. The van der Waals surface area contributed by atoms with Crippen LogP contribution in [0.5, 0.6) is 0 Å². The summed E-state index contributed by atoms with van der Waals surface area (Å²) in [6.45, 7) is 6.71. The van der Waals surface area contributed by atoms with E-state index >= 15 is 0 Å². The Kier molecular flexibility index (Phi) is 6.96. The fourth-order valence-electron chi connectivity index (χ4n) is 1.54. The molecular formula is C10H22N2O2S. The first-order valence-corrected chi connectivity index (χ1v) is 6.28. The molecule has 0 aromatic carbocycles. The quantitative estimate of drug-likeness (QED) is 0.566. The van der Waals surface area contributed by atoms with Crippen LogP contribution in [0, 0.1) is 0 Å². The van der Waals surface area contributed by atoms with Crippen molar-refractivity contribution in [3.63, 3.8) is 0 Å². The zero-order valence-corrected chi connectivity index (χ0v) is 10.6. The van der Waals surface area contributed by atoms with Gasteiger partial charge in [-0.3, -0.25) is 4.79 Å². The lowest BCUT2D eigenvalue weighted by Crippen LogP contribution is -2.54. The van der Waals surface area contributed by atoms with E-state index in [1.165, 1.54) is 0 Å². The van der Waals surface area contributed by atoms with E-state index in [9.17, 15) is 4.79 Å². The second-order valence-corrected chi connectivity index (χ2v) is 5.38. The van der Waals surface area contributed by atoms with Gasteiger partial charge in [-0.2, -0.15) is 11.8 Å². The molecular weight excluding hydrogens is 212 g/mol. The van der Waals surface area contributed by atoms with Crippen LogP contribution in [0.2, 0.25) is 0 Å². The van der Waals surface area contributed by atoms with E-state index < -0.39 is 5.54 Å². The largest absolute Gasteiger partial charge is 0.396 e. The molecule has 0 aliphatic heterocycles. The third-order valence-corrected chi connectivity index (χ3v) is 3.45. The summed E-state index contributed by atoms with van der Waals surface area (Å²) in [5.41, 5.74) is 4.73. The van der Waals surface area contributed by atoms with Gasteiger partial charge in [0.05, 0.1) is 12.1 Å². The summed E-state index contributed by atoms with van der Waals surface area (Å²) in [5, 5.41) is 12.1. The summed E-state index contributed by atoms with van der Waals surface area (Å²) >= 11 is 1.65. The van der Waals surface area contributed by atoms with Crippen LogP contribution in [0.25, 0.3) is 0 Å². The summed E-state index contributed by atoms with van der Waals surface area (Å²) in [4.78, 5) is 11.3. The molecule has 0 heterocycles. The number of likely N-dealkylation sites (N-methyl/N-ethyl adjacent to an activating group) is 1. The number of primary amides is 1. The highest BCUT2D eigenvalue weighted by Gasteiger charge is 2.31. The van der Waals surface area contributed by atoms with Crippen molar-refractivity contribution in [1.82, 2.24) is 5.32 Å². The Morgan fingerprint density at radius 2 is 2.27 bits per heavy atom. The van der Waals surface area contributed by atoms with Gasteiger partial charge < -0.3 is 16.2 Å². The Hall–Kier alpha value is -0.260. The zero-order valence-electron chi connectivity index (χ0n) is 9.75. The van der Waals surface area contributed by atoms with E-state index in [-0.39, 0.29) is 12.5 Å². The van der Waals surface area contributed by atoms with Gasteiger partial charge in [-0.25, -0.2) is 0 Å². The first-order valence-electron chi connectivity index (χ1n) is 5.23. The van der Waals surface area contributed by atoms with Crippen molar-refractivity contribution >= 4 is 17.7 Å². The van der Waals surface area contributed by atoms with Crippen LogP contribution in [0.3, 0.4) is 0 Å². The van der Waals surface area contributed by atoms with Crippen LogP contribution >= 0.6 is 11.8 Å². The van der Waals surface area contributed by atoms with Gasteiger partial charge in [0.15, 0.2) is 0 Å². The smallest absolute Gasteiger partial charge is 0.237 e. The SMILES string of the molecule is CCNC(C)(CC(C)SCCO)C(N)=O. The van der Waals surface area contributed by atoms with E-state index in [0.717, 1.165) is 6.54 Å². The topological polar surface area (TPSA) is 75.3 Å². The lowest BCUT2D eigenvalue weighted by molar-refractivity contribution is -0.124. The Morgan fingerprint density at radius 3 is 2.67 bits per heavy atom. The first kappa shape index (κ1) is 14.7. The van der Waals surface area contributed by atoms with Gasteiger partial charge in [0, 0.05) is 11.0 Å². The van der Waals surface area contributed by atoms with Crippen LogP contribution in [0.15, 0.2) is 0 Å². The highest BCUT2D eigenvalue weighted by molar-refractivity contribution is 7.99. The van der Waals surface area contributed by atoms with Crippen LogP contribution < -0.4 is 11.1 Å². The van der Waals surface area contributed by atoms with E-state index in [2.05, 4.69) is 5.32 Å². The van der Waals surface area contributed by atoms with Crippen molar-refractivity contribution in [2.75, 3.05) is 18.9 Å². The normalized spacial score (nSPS) is 17.1. The molecule has 0 aromatic rings. The Labute approximate surface area is 96.0 Å². The Morgan fingerprint density at radius 1 is 1.67 bits per heavy atom. The molecule has 1 amide bonds. The van der Waals surface area contributed by atoms with Gasteiger partial charge in [-0.15, -0.1) is 0 Å². The van der Waals surface area contributed by atoms with Crippen molar-refractivity contribution in [2.45, 2.75) is 38.0 Å². The minimum Gasteiger partial charge on any atom is -0.396 e. The molecule has 15 heavy (non-hydrogen) atoms. The number of thioether (sulfide) groups is 1. The molecule has 4 nitrogen and oxygen atoms in total. The maximum Gasteiger partial charge on any atom is 0.237 e. The van der Waals surface area contributed by atoms with Gasteiger partial charge in [0.25, 0.3) is 0 Å². The van der Waals surface area contributed by atoms with Crippen LogP contribution in [-0.2, 0) is 4.79 Å². The number of aliphatic hydroxyl groups is 1. The number of carbonyl (C=O) groups is 1. The number of hydrogen-bond donors (Lipinski definition) is 3. The van der Waals surface area contributed by atoms with Crippen LogP contribution in [0.4, 0.5) is 0 Å². The molecule has 2 unspecified atom stereocenters. The third kappa shape index (κ3) is 5.39. The summed E-state index contributed by atoms with van der Waals surface area (Å²) in [6.07, 6.45) is 0.681. The van der Waals surface area contributed by atoms with Gasteiger partial charge in [0.2, 0.25) is 5.91 Å². The number of nitrogens with one attached hydrogen (secondary N) is 1. The minimum atomic E-state index is -0.642. The molecule has 0 spiro atoms. The molecule has 0 radical (unpaired) electrons. The summed E-state index contributed by atoms with van der Waals surface area (Å²) in [6, 6.07) is 0. The molecule has 2 atom stereocenters. The van der Waals surface area contributed by atoms with Gasteiger partial charge >= 0.3 is 0 Å². The number of hydrogen-bond acceptors (Lipinski definition) is 4. The predicted molar refractivity (Wildman–Crippen MR) is 64.9 cm³/mol. The highest BCUT2D eigenvalue weighted by atomic mass is 32.2. The Bertz CT molecular complexity index is 202. The summed E-state index contributed by atoms with van der Waals surface area (Å²) < 4.78 is 0. The molecule has 0 rings (SSSR count). The summed E-state index contributed by atoms with van der Waals surface area (Å²) in [5.74, 6) is 0.378. The maximum absolute atomic E-state index is 11.3. The fourth-order valence-corrected chi connectivity index (χ4v) is 2.50. The molecule has 0 fully saturated rings. The zero-order chi connectivity index (χ0) is 11.9. The number of nitrogens with two attached hydrogens (primary N) is 1. The third-order valence-electron chi connectivity index (χ3n) is 2.30.